The number of likely N-dealkylation sites (tertiary alicyclic amines) is 1. The lowest BCUT2D eigenvalue weighted by Gasteiger charge is -2.38. The number of aromatic nitrogens is 2. The predicted molar refractivity (Wildman–Crippen MR) is 80.7 cm³/mol. The highest BCUT2D eigenvalue weighted by atomic mass is 16.2. The number of aryl methyl sites for hydroxylation is 1. The van der Waals surface area contributed by atoms with E-state index in [1.165, 1.54) is 5.56 Å². The Balaban J connectivity index is 1.38. The molecule has 1 aliphatic heterocycles. The molecule has 1 saturated heterocycles. The van der Waals surface area contributed by atoms with E-state index in [1.807, 2.05) is 29.1 Å². The van der Waals surface area contributed by atoms with Crippen LogP contribution < -0.4 is 5.32 Å². The first kappa shape index (κ1) is 13.8. The van der Waals surface area contributed by atoms with Gasteiger partial charge in [0.05, 0.1) is 12.6 Å². The van der Waals surface area contributed by atoms with Crippen molar-refractivity contribution in [2.75, 3.05) is 19.6 Å². The van der Waals surface area contributed by atoms with E-state index in [-0.39, 0.29) is 5.91 Å². The number of carbonyl (C=O) groups is 1. The Bertz CT molecular complexity index is 585. The van der Waals surface area contributed by atoms with E-state index < -0.39 is 0 Å². The van der Waals surface area contributed by atoms with Gasteiger partial charge in [-0.25, -0.2) is 0 Å². The van der Waals surface area contributed by atoms with E-state index >= 15 is 0 Å². The second kappa shape index (κ2) is 6.10. The lowest BCUT2D eigenvalue weighted by Crippen LogP contribution is -2.51. The average Bonchev–Trinajstić information content (AvgIpc) is 2.95. The summed E-state index contributed by atoms with van der Waals surface area (Å²) in [5, 5.41) is 7.19. The van der Waals surface area contributed by atoms with Crippen LogP contribution in [0.4, 0.5) is 0 Å². The normalized spacial score (nSPS) is 15.7. The Morgan fingerprint density at radius 3 is 2.76 bits per heavy atom. The first-order valence-electron chi connectivity index (χ1n) is 7.24. The molecule has 2 aromatic rings. The summed E-state index contributed by atoms with van der Waals surface area (Å²) in [6.45, 7) is 4.89. The zero-order valence-corrected chi connectivity index (χ0v) is 12.2. The molecule has 21 heavy (non-hydrogen) atoms. The predicted octanol–water partition coefficient (Wildman–Crippen LogP) is 1.36. The number of hydrogen-bond acceptors (Lipinski definition) is 3. The zero-order valence-electron chi connectivity index (χ0n) is 12.2. The second-order valence-corrected chi connectivity index (χ2v) is 5.60. The van der Waals surface area contributed by atoms with E-state index in [2.05, 4.69) is 34.4 Å². The third-order valence-corrected chi connectivity index (χ3v) is 3.81. The fourth-order valence-corrected chi connectivity index (χ4v) is 2.50. The Kier molecular flexibility index (Phi) is 4.01. The van der Waals surface area contributed by atoms with Gasteiger partial charge in [0.15, 0.2) is 0 Å². The minimum absolute atomic E-state index is 0.0782. The number of hydrogen-bond donors (Lipinski definition) is 1. The van der Waals surface area contributed by atoms with Crippen molar-refractivity contribution < 1.29 is 4.79 Å². The Morgan fingerprint density at radius 2 is 2.10 bits per heavy atom. The van der Waals surface area contributed by atoms with E-state index in [4.69, 9.17) is 0 Å². The van der Waals surface area contributed by atoms with E-state index in [0.29, 0.717) is 19.1 Å². The summed E-state index contributed by atoms with van der Waals surface area (Å²) in [5.74, 6) is 0.0782. The van der Waals surface area contributed by atoms with Crippen LogP contribution in [0.1, 0.15) is 17.2 Å². The molecule has 3 rings (SSSR count). The topological polar surface area (TPSA) is 50.2 Å². The van der Waals surface area contributed by atoms with Gasteiger partial charge in [0.25, 0.3) is 0 Å². The Labute approximate surface area is 124 Å². The highest BCUT2D eigenvalue weighted by Crippen LogP contribution is 2.19. The number of nitrogens with zero attached hydrogens (tertiary/aromatic N) is 3. The molecular formula is C16H20N4O. The van der Waals surface area contributed by atoms with Gasteiger partial charge < -0.3 is 5.32 Å². The lowest BCUT2D eigenvalue weighted by molar-refractivity contribution is -0.123. The molecular weight excluding hydrogens is 264 g/mol. The van der Waals surface area contributed by atoms with Gasteiger partial charge in [-0.2, -0.15) is 5.10 Å². The van der Waals surface area contributed by atoms with Crippen molar-refractivity contribution in [1.82, 2.24) is 20.0 Å². The van der Waals surface area contributed by atoms with Crippen LogP contribution >= 0.6 is 0 Å². The van der Waals surface area contributed by atoms with Gasteiger partial charge in [0.1, 0.15) is 0 Å². The van der Waals surface area contributed by atoms with Crippen LogP contribution in [0.15, 0.2) is 42.7 Å². The minimum atomic E-state index is 0.0782. The number of nitrogens with one attached hydrogen (secondary N) is 1. The van der Waals surface area contributed by atoms with Crippen LogP contribution in [0, 0.1) is 6.92 Å². The van der Waals surface area contributed by atoms with Crippen molar-refractivity contribution in [3.05, 3.63) is 53.9 Å². The number of amides is 1. The highest BCUT2D eigenvalue weighted by molar-refractivity contribution is 5.78. The number of rotatable bonds is 5. The molecule has 1 fully saturated rings. The zero-order chi connectivity index (χ0) is 14.7. The van der Waals surface area contributed by atoms with E-state index in [9.17, 15) is 4.79 Å². The van der Waals surface area contributed by atoms with Crippen molar-refractivity contribution in [2.45, 2.75) is 19.5 Å². The van der Waals surface area contributed by atoms with Crippen LogP contribution in [0.5, 0.6) is 0 Å². The monoisotopic (exact) mass is 284 g/mol. The first-order chi connectivity index (χ1) is 10.2. The third kappa shape index (κ3) is 3.49. The van der Waals surface area contributed by atoms with Crippen LogP contribution in [0.3, 0.4) is 0 Å². The average molecular weight is 284 g/mol. The summed E-state index contributed by atoms with van der Waals surface area (Å²) < 4.78 is 1.96. The largest absolute Gasteiger partial charge is 0.351 e. The molecule has 5 nitrogen and oxygen atoms in total. The van der Waals surface area contributed by atoms with Crippen LogP contribution in [-0.2, 0) is 11.3 Å². The quantitative estimate of drug-likeness (QED) is 0.902. The van der Waals surface area contributed by atoms with Crippen molar-refractivity contribution in [3.63, 3.8) is 0 Å². The van der Waals surface area contributed by atoms with E-state index in [1.54, 1.807) is 6.20 Å². The maximum absolute atomic E-state index is 11.9. The molecule has 0 spiro atoms. The second-order valence-electron chi connectivity index (χ2n) is 5.60. The molecule has 0 unspecified atom stereocenters. The summed E-state index contributed by atoms with van der Waals surface area (Å²) >= 11 is 0. The van der Waals surface area contributed by atoms with E-state index in [0.717, 1.165) is 18.7 Å². The summed E-state index contributed by atoms with van der Waals surface area (Å²) in [6, 6.07) is 10.6. The third-order valence-electron chi connectivity index (χ3n) is 3.81. The highest BCUT2D eigenvalue weighted by Gasteiger charge is 2.29. The van der Waals surface area contributed by atoms with Gasteiger partial charge >= 0.3 is 0 Å². The van der Waals surface area contributed by atoms with Gasteiger partial charge in [-0.1, -0.05) is 29.8 Å². The molecule has 2 heterocycles. The first-order valence-corrected chi connectivity index (χ1v) is 7.24. The fraction of sp³-hybridized carbons (Fsp3) is 0.375. The van der Waals surface area contributed by atoms with Crippen molar-refractivity contribution in [1.29, 1.82) is 0 Å². The molecule has 1 aromatic carbocycles. The van der Waals surface area contributed by atoms with Gasteiger partial charge in [0.2, 0.25) is 5.91 Å². The standard InChI is InChI=1S/C16H20N4O/c1-13-3-5-14(6-4-13)9-17-16(21)12-19-10-15(11-19)20-8-2-7-18-20/h2-8,15H,9-12H2,1H3,(H,17,21). The summed E-state index contributed by atoms with van der Waals surface area (Å²) in [7, 11) is 0. The van der Waals surface area contributed by atoms with Crippen molar-refractivity contribution in [2.24, 2.45) is 0 Å². The molecule has 0 aliphatic carbocycles. The maximum atomic E-state index is 11.9. The molecule has 110 valence electrons. The molecule has 5 heteroatoms. The molecule has 1 aliphatic rings. The van der Waals surface area contributed by atoms with Gasteiger partial charge in [-0.15, -0.1) is 0 Å². The SMILES string of the molecule is Cc1ccc(CNC(=O)CN2CC(n3cccn3)C2)cc1. The molecule has 0 radical (unpaired) electrons. The number of carbonyl (C=O) groups excluding carboxylic acids is 1. The summed E-state index contributed by atoms with van der Waals surface area (Å²) in [5.41, 5.74) is 2.36. The fourth-order valence-electron chi connectivity index (χ4n) is 2.50. The van der Waals surface area contributed by atoms with Gasteiger partial charge in [-0.3, -0.25) is 14.4 Å². The van der Waals surface area contributed by atoms with Crippen LogP contribution in [-0.4, -0.2) is 40.2 Å². The molecule has 1 N–H and O–H groups in total. The van der Waals surface area contributed by atoms with Crippen LogP contribution in [0.2, 0.25) is 0 Å². The summed E-state index contributed by atoms with van der Waals surface area (Å²) in [4.78, 5) is 14.0. The van der Waals surface area contributed by atoms with Gasteiger partial charge in [-0.05, 0) is 18.6 Å². The minimum Gasteiger partial charge on any atom is -0.351 e. The van der Waals surface area contributed by atoms with Crippen molar-refractivity contribution in [3.8, 4) is 0 Å². The molecule has 0 atom stereocenters. The molecule has 1 aromatic heterocycles. The molecule has 1 amide bonds. The van der Waals surface area contributed by atoms with Crippen molar-refractivity contribution >= 4 is 5.91 Å². The maximum Gasteiger partial charge on any atom is 0.234 e. The summed E-state index contributed by atoms with van der Waals surface area (Å²) in [6.07, 6.45) is 3.76. The number of benzene rings is 1. The Hall–Kier alpha value is -2.14. The Morgan fingerprint density at radius 1 is 1.33 bits per heavy atom. The molecule has 0 bridgehead atoms. The van der Waals surface area contributed by atoms with Gasteiger partial charge in [0, 0.05) is 32.0 Å². The lowest BCUT2D eigenvalue weighted by atomic mass is 10.1. The molecule has 0 saturated carbocycles. The smallest absolute Gasteiger partial charge is 0.234 e. The van der Waals surface area contributed by atoms with Crippen LogP contribution in [0.25, 0.3) is 0 Å².